The normalized spacial score (nSPS) is 20.0. The van der Waals surface area contributed by atoms with Crippen LogP contribution in [0.4, 0.5) is 11.4 Å². The molecule has 0 N–H and O–H groups in total. The molecule has 0 radical (unpaired) electrons. The Morgan fingerprint density at radius 1 is 0.784 bits per heavy atom. The summed E-state index contributed by atoms with van der Waals surface area (Å²) in [4.78, 5) is 18.0. The highest BCUT2D eigenvalue weighted by atomic mass is 15.2. The maximum Gasteiger partial charge on any atom is 0.154 e. The van der Waals surface area contributed by atoms with E-state index in [9.17, 15) is 0 Å². The average Bonchev–Trinajstić information content (AvgIpc) is 3.65. The maximum absolute atomic E-state index is 4.89. The van der Waals surface area contributed by atoms with E-state index < -0.39 is 0 Å². The molecule has 1 unspecified atom stereocenters. The van der Waals surface area contributed by atoms with Gasteiger partial charge in [0, 0.05) is 52.1 Å². The van der Waals surface area contributed by atoms with Gasteiger partial charge in [0.25, 0.3) is 0 Å². The lowest BCUT2D eigenvalue weighted by Gasteiger charge is -2.51. The smallest absolute Gasteiger partial charge is 0.154 e. The topological polar surface area (TPSA) is 43.6 Å². The summed E-state index contributed by atoms with van der Waals surface area (Å²) in [6.07, 6.45) is 43.8. The second-order valence-electron chi connectivity index (χ2n) is 19.9. The van der Waals surface area contributed by atoms with Crippen molar-refractivity contribution in [2.45, 2.75) is 65.8 Å². The minimum atomic E-state index is -0.00333. The molecule has 1 atom stereocenters. The molecule has 0 saturated heterocycles. The number of allylic oxidation sites excluding steroid dienone is 20. The summed E-state index contributed by atoms with van der Waals surface area (Å²) >= 11 is 0. The van der Waals surface area contributed by atoms with Crippen LogP contribution in [-0.2, 0) is 6.54 Å². The Hall–Kier alpha value is -8.15. The van der Waals surface area contributed by atoms with Crippen LogP contribution in [-0.4, -0.2) is 37.3 Å². The predicted octanol–water partition coefficient (Wildman–Crippen LogP) is 15.3. The van der Waals surface area contributed by atoms with Crippen molar-refractivity contribution in [1.29, 1.82) is 0 Å². The highest BCUT2D eigenvalue weighted by molar-refractivity contribution is 6.01. The van der Waals surface area contributed by atoms with Crippen molar-refractivity contribution in [3.8, 4) is 0 Å². The molecule has 0 saturated carbocycles. The van der Waals surface area contributed by atoms with Gasteiger partial charge in [0.15, 0.2) is 5.84 Å². The van der Waals surface area contributed by atoms with Gasteiger partial charge in [0.05, 0.1) is 13.1 Å². The standard InChI is InChI=1S/C54H52N4.C15H17N/c1-7-18-39-22-13-14-26-45(39)47-37-57(44-25-17-21-38(33-44)36-56-53(55-6)40-23-11-10-12-24-40)52-35-42(29-31-46(47)52)41-30-32-51-49(34-41)54(4,5)48-27-15-16-28-50(48)58(51)43(19-8-2)20-9-3;1-16-12-13-6-5-9-15(11-10-13)14-7-3-2-4-8-14/h7-14,16-26,28-33,35,49H,1-2,6,15,27,34,36-37H2,3-5H3;3,6-11H,1-2,4-5,12H2/b20-9-,39-18-,43-19+,47-45+,56-53?;. The van der Waals surface area contributed by atoms with Crippen LogP contribution >= 0.6 is 0 Å². The third-order valence-corrected chi connectivity index (χ3v) is 14.9. The van der Waals surface area contributed by atoms with E-state index in [0.717, 1.165) is 61.2 Å². The van der Waals surface area contributed by atoms with Gasteiger partial charge >= 0.3 is 0 Å². The number of amidine groups is 1. The first-order chi connectivity index (χ1) is 36.3. The lowest BCUT2D eigenvalue weighted by molar-refractivity contribution is 0.225. The van der Waals surface area contributed by atoms with Crippen molar-refractivity contribution in [3.63, 3.8) is 0 Å². The Morgan fingerprint density at radius 3 is 2.39 bits per heavy atom. The molecular formula is C69H69N5. The zero-order valence-corrected chi connectivity index (χ0v) is 43.6. The van der Waals surface area contributed by atoms with Gasteiger partial charge < -0.3 is 9.80 Å². The van der Waals surface area contributed by atoms with Crippen molar-refractivity contribution < 1.29 is 0 Å². The first-order valence-electron chi connectivity index (χ1n) is 26.2. The summed E-state index contributed by atoms with van der Waals surface area (Å²) in [7, 11) is 0. The SMILES string of the molecule is C=C/C=c1/cccc/c1=C1/CN(c2cccc(CN=C(N=C)c3ccccc3)c2)c2cc(C3=CC=C4C(C3)C(C)(C)C3=C(C=CCC3)N4C(/C=C\C)=C/C=C)ccc21.C=NCC1=CCC=C(C2=CCCC=C2)C=C1. The van der Waals surface area contributed by atoms with Gasteiger partial charge in [-0.25, -0.2) is 4.99 Å². The molecule has 4 aliphatic carbocycles. The zero-order chi connectivity index (χ0) is 51.4. The van der Waals surface area contributed by atoms with Crippen LogP contribution in [0.2, 0.25) is 0 Å². The van der Waals surface area contributed by atoms with Crippen molar-refractivity contribution in [1.82, 2.24) is 4.90 Å². The summed E-state index contributed by atoms with van der Waals surface area (Å²) < 4.78 is 0. The monoisotopic (exact) mass is 968 g/mol. The van der Waals surface area contributed by atoms with Gasteiger partial charge in [-0.05, 0) is 162 Å². The number of rotatable bonds is 12. The molecule has 4 aromatic rings. The Balaban J connectivity index is 0.000000357. The quantitative estimate of drug-likeness (QED) is 0.0807. The van der Waals surface area contributed by atoms with E-state index in [2.05, 4.69) is 225 Å². The molecule has 370 valence electrons. The summed E-state index contributed by atoms with van der Waals surface area (Å²) in [5, 5.41) is 2.40. The lowest BCUT2D eigenvalue weighted by Crippen LogP contribution is -2.42. The van der Waals surface area contributed by atoms with E-state index in [1.54, 1.807) is 0 Å². The van der Waals surface area contributed by atoms with Gasteiger partial charge in [-0.3, -0.25) is 9.98 Å². The van der Waals surface area contributed by atoms with Crippen LogP contribution in [0.25, 0.3) is 17.2 Å². The van der Waals surface area contributed by atoms with Gasteiger partial charge in [-0.15, -0.1) is 0 Å². The van der Waals surface area contributed by atoms with Gasteiger partial charge in [0.1, 0.15) is 0 Å². The van der Waals surface area contributed by atoms with Crippen LogP contribution in [0.15, 0.2) is 262 Å². The molecule has 0 fully saturated rings. The van der Waals surface area contributed by atoms with E-state index in [1.807, 2.05) is 42.5 Å². The molecule has 6 aliphatic rings. The van der Waals surface area contributed by atoms with Crippen LogP contribution in [0, 0.1) is 11.3 Å². The number of benzene rings is 4. The Bertz CT molecular complexity index is 3360. The van der Waals surface area contributed by atoms with E-state index in [-0.39, 0.29) is 5.41 Å². The molecular weight excluding hydrogens is 899 g/mol. The fraction of sp³-hybridized carbons (Fsp3) is 0.203. The molecule has 5 heteroatoms. The molecule has 0 spiro atoms. The summed E-state index contributed by atoms with van der Waals surface area (Å²) in [5.74, 6) is 0.962. The maximum atomic E-state index is 4.89. The van der Waals surface area contributed by atoms with Crippen LogP contribution in [0.3, 0.4) is 0 Å². The van der Waals surface area contributed by atoms with Gasteiger partial charge in [0.2, 0.25) is 0 Å². The molecule has 4 aromatic carbocycles. The molecule has 0 aromatic heterocycles. The summed E-state index contributed by atoms with van der Waals surface area (Å²) in [5.41, 5.74) is 18.9. The van der Waals surface area contributed by atoms with Crippen molar-refractivity contribution in [3.05, 3.63) is 280 Å². The van der Waals surface area contributed by atoms with Crippen LogP contribution in [0.5, 0.6) is 0 Å². The van der Waals surface area contributed by atoms with Crippen LogP contribution in [0.1, 0.15) is 81.5 Å². The molecule has 10 rings (SSSR count). The predicted molar refractivity (Wildman–Crippen MR) is 318 cm³/mol. The van der Waals surface area contributed by atoms with E-state index >= 15 is 0 Å². The minimum Gasteiger partial charge on any atom is -0.336 e. The van der Waals surface area contributed by atoms with Crippen LogP contribution < -0.4 is 15.3 Å². The molecule has 5 nitrogen and oxygen atoms in total. The second kappa shape index (κ2) is 23.6. The molecule has 0 bridgehead atoms. The van der Waals surface area contributed by atoms with Crippen molar-refractivity contribution >= 4 is 47.9 Å². The number of nitrogens with zero attached hydrogens (tertiary/aromatic N) is 5. The summed E-state index contributed by atoms with van der Waals surface area (Å²) in [6, 6.07) is 34.6. The number of hydrogen-bond acceptors (Lipinski definition) is 4. The first-order valence-corrected chi connectivity index (χ1v) is 26.2. The average molecular weight is 968 g/mol. The minimum absolute atomic E-state index is 0.00333. The Morgan fingerprint density at radius 2 is 1.61 bits per heavy atom. The highest BCUT2D eigenvalue weighted by Gasteiger charge is 2.46. The third kappa shape index (κ3) is 10.9. The molecule has 74 heavy (non-hydrogen) atoms. The first kappa shape index (κ1) is 50.8. The fourth-order valence-corrected chi connectivity index (χ4v) is 11.2. The largest absolute Gasteiger partial charge is 0.336 e. The Kier molecular flexibility index (Phi) is 16.2. The molecule has 2 heterocycles. The number of aliphatic imine (C=N–C) groups is 3. The van der Waals surface area contributed by atoms with E-state index in [0.29, 0.717) is 24.8 Å². The number of fused-ring (bicyclic) bond motifs is 2. The zero-order valence-electron chi connectivity index (χ0n) is 43.6. The highest BCUT2D eigenvalue weighted by Crippen LogP contribution is 2.56. The van der Waals surface area contributed by atoms with Crippen molar-refractivity contribution in [2.75, 3.05) is 18.0 Å². The molecule has 2 aliphatic heterocycles. The summed E-state index contributed by atoms with van der Waals surface area (Å²) in [6.45, 7) is 24.4. The molecule has 0 amide bonds. The lowest BCUT2D eigenvalue weighted by atomic mass is 9.62. The van der Waals surface area contributed by atoms with Gasteiger partial charge in [-0.2, -0.15) is 0 Å². The van der Waals surface area contributed by atoms with Crippen molar-refractivity contribution in [2.24, 2.45) is 26.3 Å². The Labute approximate surface area is 440 Å². The van der Waals surface area contributed by atoms with E-state index in [1.165, 1.54) is 78.5 Å². The second-order valence-corrected chi connectivity index (χ2v) is 19.9. The fourth-order valence-electron chi connectivity index (χ4n) is 11.2. The van der Waals surface area contributed by atoms with Gasteiger partial charge in [-0.1, -0.05) is 185 Å². The van der Waals surface area contributed by atoms with E-state index in [4.69, 9.17) is 4.99 Å². The number of hydrogen-bond donors (Lipinski definition) is 0. The third-order valence-electron chi connectivity index (χ3n) is 14.9. The number of anilines is 2.